The summed E-state index contributed by atoms with van der Waals surface area (Å²) in [5.74, 6) is 1.06. The fraction of sp³-hybridized carbons (Fsp3) is 0.120. The average molecular weight is 443 g/mol. The van der Waals surface area contributed by atoms with Gasteiger partial charge in [-0.2, -0.15) is 10.1 Å². The summed E-state index contributed by atoms with van der Waals surface area (Å²) in [6, 6.07) is 22.5. The van der Waals surface area contributed by atoms with Crippen molar-refractivity contribution in [2.24, 2.45) is 0 Å². The van der Waals surface area contributed by atoms with Crippen LogP contribution in [0, 0.1) is 5.82 Å². The molecule has 0 saturated heterocycles. The van der Waals surface area contributed by atoms with Gasteiger partial charge in [-0.3, -0.25) is 0 Å². The lowest BCUT2D eigenvalue weighted by atomic mass is 9.84. The Bertz CT molecular complexity index is 1350. The predicted molar refractivity (Wildman–Crippen MR) is 123 cm³/mol. The Labute approximate surface area is 189 Å². The van der Waals surface area contributed by atoms with Crippen LogP contribution in [0.3, 0.4) is 0 Å². The van der Waals surface area contributed by atoms with Gasteiger partial charge < -0.3 is 10.1 Å². The summed E-state index contributed by atoms with van der Waals surface area (Å²) in [6.45, 7) is 0. The number of aromatic nitrogens is 3. The van der Waals surface area contributed by atoms with Gasteiger partial charge in [-0.25, -0.2) is 9.07 Å². The van der Waals surface area contributed by atoms with E-state index in [1.54, 1.807) is 28.6 Å². The third kappa shape index (κ3) is 2.92. The molecule has 0 unspecified atom stereocenters. The minimum absolute atomic E-state index is 0.289. The number of nitrogens with zero attached hydrogens (tertiary/aromatic N) is 3. The van der Waals surface area contributed by atoms with E-state index in [1.807, 2.05) is 30.3 Å². The van der Waals surface area contributed by atoms with Gasteiger partial charge in [-0.15, -0.1) is 11.8 Å². The highest BCUT2D eigenvalue weighted by atomic mass is 32.2. The third-order valence-electron chi connectivity index (χ3n) is 5.94. The van der Waals surface area contributed by atoms with Crippen LogP contribution in [-0.4, -0.2) is 21.0 Å². The lowest BCUT2D eigenvalue weighted by Gasteiger charge is -2.39. The van der Waals surface area contributed by atoms with Gasteiger partial charge in [-0.1, -0.05) is 42.5 Å². The average Bonchev–Trinajstić information content (AvgIpc) is 3.31. The molecule has 5 nitrogen and oxygen atoms in total. The Morgan fingerprint density at radius 1 is 1.00 bits per heavy atom. The molecule has 7 heteroatoms. The number of nitrogens with one attached hydrogen (secondary N) is 1. The molecule has 32 heavy (non-hydrogen) atoms. The van der Waals surface area contributed by atoms with Gasteiger partial charge in [0, 0.05) is 21.6 Å². The van der Waals surface area contributed by atoms with Gasteiger partial charge in [0.05, 0.1) is 5.70 Å². The molecule has 2 aliphatic rings. The normalized spacial score (nSPS) is 18.8. The maximum Gasteiger partial charge on any atom is 0.226 e. The molecule has 0 bridgehead atoms. The summed E-state index contributed by atoms with van der Waals surface area (Å²) in [7, 11) is 0. The lowest BCUT2D eigenvalue weighted by molar-refractivity contribution is 0.222. The minimum atomic E-state index is -0.497. The van der Waals surface area contributed by atoms with Crippen molar-refractivity contribution in [2.45, 2.75) is 17.0 Å². The number of halogens is 1. The minimum Gasteiger partial charge on any atom is -0.480 e. The van der Waals surface area contributed by atoms with Crippen molar-refractivity contribution < 1.29 is 9.13 Å². The topological polar surface area (TPSA) is 52.0 Å². The van der Waals surface area contributed by atoms with Gasteiger partial charge in [0.2, 0.25) is 5.95 Å². The van der Waals surface area contributed by atoms with E-state index in [9.17, 15) is 0 Å². The maximum atomic E-state index is 15.1. The third-order valence-corrected chi connectivity index (χ3v) is 6.68. The quantitative estimate of drug-likeness (QED) is 0.413. The SMILES string of the molecule is CSc1ccc([C@@H]2Oc3ccccc3C3=C2[C@H](c2ccccc2F)n2ncnc2N3)cc1. The number of rotatable bonds is 3. The number of fused-ring (bicyclic) bond motifs is 3. The second-order valence-corrected chi connectivity index (χ2v) is 8.55. The van der Waals surface area contributed by atoms with Crippen molar-refractivity contribution in [1.82, 2.24) is 14.8 Å². The summed E-state index contributed by atoms with van der Waals surface area (Å²) >= 11 is 1.69. The van der Waals surface area contributed by atoms with Crippen molar-refractivity contribution in [3.8, 4) is 5.75 Å². The molecule has 1 aromatic heterocycles. The molecule has 0 spiro atoms. The van der Waals surface area contributed by atoms with E-state index in [1.165, 1.54) is 17.3 Å². The van der Waals surface area contributed by atoms with E-state index in [4.69, 9.17) is 4.74 Å². The smallest absolute Gasteiger partial charge is 0.226 e. The highest BCUT2D eigenvalue weighted by Gasteiger charge is 2.41. The number of hydrogen-bond donors (Lipinski definition) is 1. The van der Waals surface area contributed by atoms with Gasteiger partial charge in [0.25, 0.3) is 0 Å². The van der Waals surface area contributed by atoms with Crippen molar-refractivity contribution in [3.63, 3.8) is 0 Å². The van der Waals surface area contributed by atoms with E-state index >= 15 is 4.39 Å². The second-order valence-electron chi connectivity index (χ2n) is 7.67. The van der Waals surface area contributed by atoms with Crippen LogP contribution in [0.1, 0.15) is 28.8 Å². The molecule has 0 saturated carbocycles. The van der Waals surface area contributed by atoms with E-state index in [2.05, 4.69) is 45.9 Å². The van der Waals surface area contributed by atoms with Crippen LogP contribution in [0.2, 0.25) is 0 Å². The zero-order valence-electron chi connectivity index (χ0n) is 17.2. The van der Waals surface area contributed by atoms with E-state index in [0.29, 0.717) is 11.5 Å². The van der Waals surface area contributed by atoms with Gasteiger partial charge in [0.15, 0.2) is 0 Å². The Balaban J connectivity index is 1.62. The van der Waals surface area contributed by atoms with Crippen LogP contribution in [0.25, 0.3) is 5.70 Å². The molecule has 0 fully saturated rings. The Morgan fingerprint density at radius 2 is 1.78 bits per heavy atom. The number of anilines is 1. The van der Waals surface area contributed by atoms with Crippen molar-refractivity contribution in [1.29, 1.82) is 0 Å². The van der Waals surface area contributed by atoms with Crippen molar-refractivity contribution in [2.75, 3.05) is 11.6 Å². The first-order valence-electron chi connectivity index (χ1n) is 10.3. The Kier molecular flexibility index (Phi) is 4.50. The number of para-hydroxylation sites is 1. The molecule has 1 N–H and O–H groups in total. The molecule has 3 heterocycles. The summed E-state index contributed by atoms with van der Waals surface area (Å²) in [5.41, 5.74) is 4.25. The van der Waals surface area contributed by atoms with Crippen molar-refractivity contribution >= 4 is 23.4 Å². The molecule has 4 aromatic rings. The van der Waals surface area contributed by atoms with Crippen LogP contribution in [0.5, 0.6) is 5.75 Å². The highest BCUT2D eigenvalue weighted by molar-refractivity contribution is 7.98. The van der Waals surface area contributed by atoms with Gasteiger partial charge in [0.1, 0.15) is 30.0 Å². The highest BCUT2D eigenvalue weighted by Crippen LogP contribution is 2.50. The van der Waals surface area contributed by atoms with Crippen LogP contribution in [-0.2, 0) is 0 Å². The number of benzene rings is 3. The Hall–Kier alpha value is -3.58. The summed E-state index contributed by atoms with van der Waals surface area (Å²) in [6.07, 6.45) is 3.13. The molecule has 3 aromatic carbocycles. The Morgan fingerprint density at radius 3 is 2.59 bits per heavy atom. The molecule has 2 aliphatic heterocycles. The fourth-order valence-corrected chi connectivity index (χ4v) is 4.88. The standard InChI is InChI=1S/C25H19FN4OS/c1-32-16-12-10-15(11-13-16)24-21-22(18-7-3-5-9-20(18)31-24)29-25-27-14-28-30(25)23(21)17-6-2-4-8-19(17)26/h2-14,23-24H,1H3,(H,27,28,29)/t23-,24-/m0/s1. The molecule has 0 aliphatic carbocycles. The first-order chi connectivity index (χ1) is 15.7. The summed E-state index contributed by atoms with van der Waals surface area (Å²) in [4.78, 5) is 5.56. The van der Waals surface area contributed by atoms with E-state index < -0.39 is 12.1 Å². The molecule has 158 valence electrons. The lowest BCUT2D eigenvalue weighted by Crippen LogP contribution is -2.32. The fourth-order valence-electron chi connectivity index (χ4n) is 4.47. The van der Waals surface area contributed by atoms with Crippen LogP contribution in [0.15, 0.2) is 89.6 Å². The first kappa shape index (κ1) is 19.1. The van der Waals surface area contributed by atoms with Gasteiger partial charge >= 0.3 is 0 Å². The monoisotopic (exact) mass is 442 g/mol. The zero-order valence-corrected chi connectivity index (χ0v) is 18.0. The van der Waals surface area contributed by atoms with Gasteiger partial charge in [-0.05, 0) is 42.2 Å². The van der Waals surface area contributed by atoms with E-state index in [0.717, 1.165) is 28.1 Å². The molecular weight excluding hydrogens is 423 g/mol. The first-order valence-corrected chi connectivity index (χ1v) is 11.5. The molecule has 0 amide bonds. The summed E-state index contributed by atoms with van der Waals surface area (Å²) < 4.78 is 23.4. The van der Waals surface area contributed by atoms with Crippen LogP contribution in [0.4, 0.5) is 10.3 Å². The largest absolute Gasteiger partial charge is 0.480 e. The van der Waals surface area contributed by atoms with Crippen LogP contribution >= 0.6 is 11.8 Å². The van der Waals surface area contributed by atoms with E-state index in [-0.39, 0.29) is 5.82 Å². The zero-order chi connectivity index (χ0) is 21.7. The van der Waals surface area contributed by atoms with Crippen LogP contribution < -0.4 is 10.1 Å². The number of hydrogen-bond acceptors (Lipinski definition) is 5. The molecule has 6 rings (SSSR count). The number of ether oxygens (including phenoxy) is 1. The molecule has 2 atom stereocenters. The molecular formula is C25H19FN4OS. The molecule has 0 radical (unpaired) electrons. The number of thioether (sulfide) groups is 1. The predicted octanol–water partition coefficient (Wildman–Crippen LogP) is 5.70. The summed E-state index contributed by atoms with van der Waals surface area (Å²) in [5, 5.41) is 7.88. The maximum absolute atomic E-state index is 15.1. The van der Waals surface area contributed by atoms with Crippen molar-refractivity contribution in [3.05, 3.63) is 107 Å². The second kappa shape index (κ2) is 7.53.